The first kappa shape index (κ1) is 23.0. The van der Waals surface area contributed by atoms with Gasteiger partial charge in [0.1, 0.15) is 0 Å². The van der Waals surface area contributed by atoms with E-state index in [2.05, 4.69) is 4.90 Å². The fraction of sp³-hybridized carbons (Fsp3) is 0.194. The lowest BCUT2D eigenvalue weighted by Crippen LogP contribution is -2.37. The monoisotopic (exact) mass is 532 g/mol. The van der Waals surface area contributed by atoms with Crippen LogP contribution in [0.25, 0.3) is 33.3 Å². The molecule has 9 heteroatoms. The first-order chi connectivity index (χ1) is 19.8. The maximum atomic E-state index is 6.44. The van der Waals surface area contributed by atoms with Gasteiger partial charge >= 0.3 is 0 Å². The van der Waals surface area contributed by atoms with Gasteiger partial charge in [-0.1, -0.05) is 30.3 Å². The van der Waals surface area contributed by atoms with Crippen LogP contribution in [0.2, 0.25) is 0 Å². The zero-order valence-electron chi connectivity index (χ0n) is 21.4. The zero-order valence-corrected chi connectivity index (χ0v) is 21.4. The lowest BCUT2D eigenvalue weighted by Gasteiger charge is -2.30. The number of rotatable bonds is 4. The van der Waals surface area contributed by atoms with Crippen LogP contribution in [-0.2, 0) is 4.74 Å². The molecule has 0 bridgehead atoms. The minimum absolute atomic E-state index is 0.159. The number of fused-ring (bicyclic) bond motifs is 3. The molecule has 1 saturated heterocycles. The second-order valence-corrected chi connectivity index (χ2v) is 9.69. The average molecular weight is 533 g/mol. The summed E-state index contributed by atoms with van der Waals surface area (Å²) in [6, 6.07) is 23.5. The highest BCUT2D eigenvalue weighted by Gasteiger charge is 2.34. The first-order valence-electron chi connectivity index (χ1n) is 13.2. The molecule has 0 atom stereocenters. The van der Waals surface area contributed by atoms with Crippen molar-refractivity contribution in [2.45, 2.75) is 6.29 Å². The Labute approximate surface area is 229 Å². The molecule has 2 aromatic heterocycles. The number of ether oxygens (including phenoxy) is 5. The van der Waals surface area contributed by atoms with Gasteiger partial charge in [-0.2, -0.15) is 0 Å². The van der Waals surface area contributed by atoms with Crippen molar-refractivity contribution in [3.63, 3.8) is 0 Å². The second kappa shape index (κ2) is 9.39. The van der Waals surface area contributed by atoms with Gasteiger partial charge in [0.2, 0.25) is 6.79 Å². The fourth-order valence-electron chi connectivity index (χ4n) is 5.60. The Balaban J connectivity index is 1.46. The van der Waals surface area contributed by atoms with Crippen molar-refractivity contribution in [1.82, 2.24) is 15.2 Å². The van der Waals surface area contributed by atoms with E-state index in [0.29, 0.717) is 54.8 Å². The maximum Gasteiger partial charge on any atom is 0.269 e. The summed E-state index contributed by atoms with van der Waals surface area (Å²) in [6.07, 6.45) is 1.06. The molecule has 1 fully saturated rings. The minimum Gasteiger partial charge on any atom is -0.454 e. The summed E-state index contributed by atoms with van der Waals surface area (Å²) in [4.78, 5) is 6.90. The predicted molar refractivity (Wildman–Crippen MR) is 148 cm³/mol. The van der Waals surface area contributed by atoms with Crippen molar-refractivity contribution in [3.8, 4) is 45.4 Å². The summed E-state index contributed by atoms with van der Waals surface area (Å²) in [5.74, 6) is 3.49. The Morgan fingerprint density at radius 3 is 2.33 bits per heavy atom. The van der Waals surface area contributed by atoms with Crippen molar-refractivity contribution in [3.05, 3.63) is 84.6 Å². The maximum absolute atomic E-state index is 6.44. The molecule has 0 N–H and O–H groups in total. The van der Waals surface area contributed by atoms with Gasteiger partial charge in [-0.05, 0) is 42.5 Å². The highest BCUT2D eigenvalue weighted by Crippen LogP contribution is 2.51. The van der Waals surface area contributed by atoms with Crippen LogP contribution < -0.4 is 23.8 Å². The molecule has 0 amide bonds. The van der Waals surface area contributed by atoms with Gasteiger partial charge in [0.25, 0.3) is 6.29 Å². The Morgan fingerprint density at radius 2 is 1.52 bits per heavy atom. The fourth-order valence-corrected chi connectivity index (χ4v) is 5.60. The molecule has 5 heterocycles. The predicted octanol–water partition coefficient (Wildman–Crippen LogP) is 5.39. The number of hydrogen-bond donors (Lipinski definition) is 0. The number of morpholine rings is 1. The van der Waals surface area contributed by atoms with Gasteiger partial charge in [-0.25, -0.2) is 0 Å². The molecule has 0 aliphatic carbocycles. The molecule has 8 rings (SSSR count). The van der Waals surface area contributed by atoms with E-state index in [0.717, 1.165) is 39.2 Å². The van der Waals surface area contributed by atoms with E-state index < -0.39 is 6.29 Å². The third-order valence-corrected chi connectivity index (χ3v) is 7.42. The highest BCUT2D eigenvalue weighted by molar-refractivity contribution is 6.05. The quantitative estimate of drug-likeness (QED) is 0.302. The molecular formula is C31H24N4O5. The molecular weight excluding hydrogens is 508 g/mol. The minimum atomic E-state index is -0.729. The molecule has 198 valence electrons. The molecule has 0 spiro atoms. The summed E-state index contributed by atoms with van der Waals surface area (Å²) in [6.45, 7) is 2.76. The van der Waals surface area contributed by atoms with Crippen molar-refractivity contribution >= 4 is 16.7 Å². The van der Waals surface area contributed by atoms with Gasteiger partial charge in [0.15, 0.2) is 28.8 Å². The number of para-hydroxylation sites is 3. The lowest BCUT2D eigenvalue weighted by atomic mass is 9.91. The van der Waals surface area contributed by atoms with Crippen LogP contribution in [0.5, 0.6) is 23.0 Å². The highest BCUT2D eigenvalue weighted by atomic mass is 16.7. The Bertz CT molecular complexity index is 1710. The number of benzene rings is 3. The molecule has 0 unspecified atom stereocenters. The van der Waals surface area contributed by atoms with Gasteiger partial charge < -0.3 is 28.6 Å². The number of nitrogens with zero attached hydrogens (tertiary/aromatic N) is 4. The van der Waals surface area contributed by atoms with Crippen LogP contribution in [0, 0.1) is 0 Å². The molecule has 3 aromatic carbocycles. The topological polar surface area (TPSA) is 88.1 Å². The van der Waals surface area contributed by atoms with Crippen molar-refractivity contribution in [1.29, 1.82) is 0 Å². The Hall–Kier alpha value is -4.89. The zero-order chi connectivity index (χ0) is 26.5. The average Bonchev–Trinajstić information content (AvgIpc) is 3.68. The number of aromatic nitrogens is 3. The summed E-state index contributed by atoms with van der Waals surface area (Å²) >= 11 is 0. The summed E-state index contributed by atoms with van der Waals surface area (Å²) < 4.78 is 30.3. The van der Waals surface area contributed by atoms with Crippen molar-refractivity contribution < 1.29 is 23.7 Å². The standard InChI is InChI=1S/C31H24N4O5/c1-2-9-24-23(8-1)39-31(40-24)27-19(21-7-3-4-13-32-21)11-12-22-28(27)26(20-6-5-10-25-29(20)38-18-37-25)30(34-33-22)35-14-16-36-17-15-35/h1-13,31H,14-18H2. The Kier molecular flexibility index (Phi) is 5.41. The van der Waals surface area contributed by atoms with Crippen LogP contribution in [0.1, 0.15) is 11.9 Å². The Morgan fingerprint density at radius 1 is 0.725 bits per heavy atom. The van der Waals surface area contributed by atoms with Crippen molar-refractivity contribution in [2.24, 2.45) is 0 Å². The summed E-state index contributed by atoms with van der Waals surface area (Å²) in [7, 11) is 0. The van der Waals surface area contributed by atoms with Crippen LogP contribution in [0.15, 0.2) is 79.0 Å². The van der Waals surface area contributed by atoms with E-state index >= 15 is 0 Å². The lowest BCUT2D eigenvalue weighted by molar-refractivity contribution is 0.0505. The molecule has 0 saturated carbocycles. The van der Waals surface area contributed by atoms with Gasteiger partial charge in [0.05, 0.1) is 30.0 Å². The number of pyridine rings is 1. The van der Waals surface area contributed by atoms with Gasteiger partial charge in [0, 0.05) is 41.4 Å². The smallest absolute Gasteiger partial charge is 0.269 e. The van der Waals surface area contributed by atoms with E-state index in [1.165, 1.54) is 0 Å². The van der Waals surface area contributed by atoms with Crippen LogP contribution in [-0.4, -0.2) is 48.3 Å². The van der Waals surface area contributed by atoms with E-state index in [-0.39, 0.29) is 6.79 Å². The van der Waals surface area contributed by atoms with Crippen LogP contribution in [0.3, 0.4) is 0 Å². The second-order valence-electron chi connectivity index (χ2n) is 9.69. The first-order valence-corrected chi connectivity index (χ1v) is 13.2. The van der Waals surface area contributed by atoms with E-state index in [1.54, 1.807) is 6.20 Å². The van der Waals surface area contributed by atoms with Crippen molar-refractivity contribution in [2.75, 3.05) is 38.0 Å². The molecule has 40 heavy (non-hydrogen) atoms. The third kappa shape index (κ3) is 3.70. The summed E-state index contributed by atoms with van der Waals surface area (Å²) in [5.41, 5.74) is 4.97. The van der Waals surface area contributed by atoms with Gasteiger partial charge in [-0.15, -0.1) is 10.2 Å². The normalized spacial score (nSPS) is 16.1. The van der Waals surface area contributed by atoms with E-state index in [9.17, 15) is 0 Å². The molecule has 9 nitrogen and oxygen atoms in total. The molecule has 3 aliphatic rings. The van der Waals surface area contributed by atoms with Crippen LogP contribution >= 0.6 is 0 Å². The molecule has 0 radical (unpaired) electrons. The molecule has 3 aliphatic heterocycles. The third-order valence-electron chi connectivity index (χ3n) is 7.42. The number of anilines is 1. The van der Waals surface area contributed by atoms with Crippen LogP contribution in [0.4, 0.5) is 5.82 Å². The van der Waals surface area contributed by atoms with Gasteiger partial charge in [-0.3, -0.25) is 4.98 Å². The number of hydrogen-bond acceptors (Lipinski definition) is 9. The largest absolute Gasteiger partial charge is 0.454 e. The molecule has 5 aromatic rings. The van der Waals surface area contributed by atoms with E-state index in [1.807, 2.05) is 72.8 Å². The van der Waals surface area contributed by atoms with E-state index in [4.69, 9.17) is 38.9 Å². The SMILES string of the molecule is c1ccc(-c2ccc3nnc(N4CCOCC4)c(-c4cccc5c4OCO5)c3c2C2Oc3ccccc3O2)nc1. The summed E-state index contributed by atoms with van der Waals surface area (Å²) in [5, 5.41) is 10.3.